The number of carbonyl (C=O) groups excluding carboxylic acids is 1. The minimum Gasteiger partial charge on any atom is -0.495 e. The molecule has 2 aliphatic rings. The molecule has 0 saturated heterocycles. The molecule has 1 saturated carbocycles. The smallest absolute Gasteiger partial charge is 0.272 e. The fraction of sp³-hybridized carbons (Fsp3) is 0.526. The molecular formula is C19H25N5O3. The van der Waals surface area contributed by atoms with Gasteiger partial charge in [0, 0.05) is 37.0 Å². The van der Waals surface area contributed by atoms with Crippen molar-refractivity contribution in [2.45, 2.75) is 38.0 Å². The van der Waals surface area contributed by atoms with E-state index >= 15 is 0 Å². The van der Waals surface area contributed by atoms with Gasteiger partial charge in [-0.15, -0.1) is 0 Å². The summed E-state index contributed by atoms with van der Waals surface area (Å²) in [6.45, 7) is 1.66. The number of fused-ring (bicyclic) bond motifs is 1. The number of nitrogens with one attached hydrogen (secondary N) is 2. The average molecular weight is 371 g/mol. The third-order valence-corrected chi connectivity index (χ3v) is 5.58. The van der Waals surface area contributed by atoms with E-state index < -0.39 is 0 Å². The van der Waals surface area contributed by atoms with Gasteiger partial charge < -0.3 is 20.1 Å². The largest absolute Gasteiger partial charge is 0.495 e. The maximum atomic E-state index is 13.0. The van der Waals surface area contributed by atoms with E-state index in [-0.39, 0.29) is 24.0 Å². The van der Waals surface area contributed by atoms with Gasteiger partial charge in [-0.3, -0.25) is 14.9 Å². The van der Waals surface area contributed by atoms with Gasteiger partial charge in [-0.05, 0) is 37.4 Å². The molecule has 0 bridgehead atoms. The van der Waals surface area contributed by atoms with E-state index in [1.54, 1.807) is 19.5 Å². The van der Waals surface area contributed by atoms with Crippen LogP contribution >= 0.6 is 0 Å². The molecule has 3 heterocycles. The third-order valence-electron chi connectivity index (χ3n) is 5.58. The molecule has 4 rings (SSSR count). The third kappa shape index (κ3) is 3.54. The Morgan fingerprint density at radius 3 is 3.00 bits per heavy atom. The summed E-state index contributed by atoms with van der Waals surface area (Å²) in [7, 11) is 3.63. The van der Waals surface area contributed by atoms with E-state index in [9.17, 15) is 9.90 Å². The molecule has 1 amide bonds. The summed E-state index contributed by atoms with van der Waals surface area (Å²) in [4.78, 5) is 19.4. The number of nitrogens with zero attached hydrogens (tertiary/aromatic N) is 3. The van der Waals surface area contributed by atoms with Crippen molar-refractivity contribution in [1.29, 1.82) is 0 Å². The van der Waals surface area contributed by atoms with Crippen molar-refractivity contribution < 1.29 is 14.6 Å². The van der Waals surface area contributed by atoms with Gasteiger partial charge in [0.05, 0.1) is 25.5 Å². The van der Waals surface area contributed by atoms with E-state index in [1.807, 2.05) is 13.1 Å². The summed E-state index contributed by atoms with van der Waals surface area (Å²) >= 11 is 0. The number of rotatable bonds is 5. The SMILES string of the molecule is COc1cncc(C(NC(=O)c2n[nH]c3c2CN(C)CC3)C2CC(O)C2)c1. The highest BCUT2D eigenvalue weighted by molar-refractivity contribution is 5.94. The van der Waals surface area contributed by atoms with Gasteiger partial charge in [0.25, 0.3) is 5.91 Å². The number of ether oxygens (including phenoxy) is 1. The second-order valence-electron chi connectivity index (χ2n) is 7.51. The molecule has 3 N–H and O–H groups in total. The van der Waals surface area contributed by atoms with Gasteiger partial charge in [0.15, 0.2) is 5.69 Å². The highest BCUT2D eigenvalue weighted by Gasteiger charge is 2.37. The zero-order valence-electron chi connectivity index (χ0n) is 15.6. The van der Waals surface area contributed by atoms with Gasteiger partial charge in [-0.25, -0.2) is 0 Å². The minimum absolute atomic E-state index is 0.162. The number of amides is 1. The Kier molecular flexibility index (Phi) is 4.84. The Morgan fingerprint density at radius 1 is 1.44 bits per heavy atom. The van der Waals surface area contributed by atoms with Gasteiger partial charge in [-0.1, -0.05) is 0 Å². The van der Waals surface area contributed by atoms with Crippen LogP contribution in [0.15, 0.2) is 18.5 Å². The van der Waals surface area contributed by atoms with Crippen LogP contribution in [0.4, 0.5) is 0 Å². The molecule has 1 atom stereocenters. The first kappa shape index (κ1) is 17.9. The molecular weight excluding hydrogens is 346 g/mol. The zero-order valence-corrected chi connectivity index (χ0v) is 15.6. The maximum Gasteiger partial charge on any atom is 0.272 e. The highest BCUT2D eigenvalue weighted by Crippen LogP contribution is 2.38. The summed E-state index contributed by atoms with van der Waals surface area (Å²) in [5, 5.41) is 20.2. The lowest BCUT2D eigenvalue weighted by atomic mass is 9.75. The first-order valence-electron chi connectivity index (χ1n) is 9.27. The molecule has 8 heteroatoms. The minimum atomic E-state index is -0.306. The van der Waals surface area contributed by atoms with E-state index in [1.165, 1.54) is 0 Å². The van der Waals surface area contributed by atoms with Gasteiger partial charge >= 0.3 is 0 Å². The molecule has 27 heavy (non-hydrogen) atoms. The second kappa shape index (κ2) is 7.28. The number of aromatic nitrogens is 3. The number of likely N-dealkylation sites (N-methyl/N-ethyl adjacent to an activating group) is 1. The molecule has 144 valence electrons. The Morgan fingerprint density at radius 2 is 2.26 bits per heavy atom. The van der Waals surface area contributed by atoms with Crippen LogP contribution in [0.2, 0.25) is 0 Å². The predicted molar refractivity (Wildman–Crippen MR) is 98.4 cm³/mol. The highest BCUT2D eigenvalue weighted by atomic mass is 16.5. The second-order valence-corrected chi connectivity index (χ2v) is 7.51. The molecule has 0 aromatic carbocycles. The lowest BCUT2D eigenvalue weighted by Crippen LogP contribution is -2.42. The van der Waals surface area contributed by atoms with E-state index in [0.717, 1.165) is 29.8 Å². The van der Waals surface area contributed by atoms with Crippen molar-refractivity contribution in [3.63, 3.8) is 0 Å². The lowest BCUT2D eigenvalue weighted by molar-refractivity contribution is 0.0233. The summed E-state index contributed by atoms with van der Waals surface area (Å²) in [6.07, 6.45) is 5.25. The molecule has 1 aliphatic carbocycles. The normalized spacial score (nSPS) is 23.2. The first-order valence-corrected chi connectivity index (χ1v) is 9.27. The van der Waals surface area contributed by atoms with E-state index in [0.29, 0.717) is 30.8 Å². The Labute approximate surface area is 157 Å². The van der Waals surface area contributed by atoms with Crippen LogP contribution in [0.25, 0.3) is 0 Å². The number of carbonyl (C=O) groups is 1. The molecule has 2 aromatic rings. The summed E-state index contributed by atoms with van der Waals surface area (Å²) in [5.41, 5.74) is 3.34. The summed E-state index contributed by atoms with van der Waals surface area (Å²) < 4.78 is 5.27. The van der Waals surface area contributed by atoms with E-state index in [2.05, 4.69) is 25.4 Å². The number of aliphatic hydroxyl groups excluding tert-OH is 1. The molecule has 1 unspecified atom stereocenters. The number of hydrogen-bond donors (Lipinski definition) is 3. The predicted octanol–water partition coefficient (Wildman–Crippen LogP) is 1.04. The summed E-state index contributed by atoms with van der Waals surface area (Å²) in [6, 6.07) is 1.65. The Hall–Kier alpha value is -2.45. The van der Waals surface area contributed by atoms with Crippen LogP contribution in [0.1, 0.15) is 46.2 Å². The van der Waals surface area contributed by atoms with Crippen molar-refractivity contribution in [2.75, 3.05) is 20.7 Å². The monoisotopic (exact) mass is 371 g/mol. The zero-order chi connectivity index (χ0) is 19.0. The van der Waals surface area contributed by atoms with Crippen LogP contribution in [0.3, 0.4) is 0 Å². The van der Waals surface area contributed by atoms with Crippen LogP contribution in [-0.2, 0) is 13.0 Å². The number of hydrogen-bond acceptors (Lipinski definition) is 6. The van der Waals surface area contributed by atoms with Crippen LogP contribution in [-0.4, -0.2) is 57.9 Å². The average Bonchev–Trinajstić information content (AvgIpc) is 3.07. The van der Waals surface area contributed by atoms with Crippen LogP contribution < -0.4 is 10.1 Å². The molecule has 0 radical (unpaired) electrons. The van der Waals surface area contributed by atoms with Gasteiger partial charge in [0.1, 0.15) is 5.75 Å². The van der Waals surface area contributed by atoms with E-state index in [4.69, 9.17) is 4.74 Å². The van der Waals surface area contributed by atoms with Crippen molar-refractivity contribution >= 4 is 5.91 Å². The Bertz CT molecular complexity index is 831. The number of aromatic amines is 1. The number of methoxy groups -OCH3 is 1. The fourth-order valence-corrected chi connectivity index (χ4v) is 3.92. The molecule has 1 aliphatic heterocycles. The fourth-order valence-electron chi connectivity index (χ4n) is 3.92. The number of aliphatic hydroxyl groups is 1. The maximum absolute atomic E-state index is 13.0. The number of H-pyrrole nitrogens is 1. The molecule has 8 nitrogen and oxygen atoms in total. The quantitative estimate of drug-likeness (QED) is 0.726. The summed E-state index contributed by atoms with van der Waals surface area (Å²) in [5.74, 6) is 0.609. The Balaban J connectivity index is 1.58. The molecule has 0 spiro atoms. The van der Waals surface area contributed by atoms with Crippen molar-refractivity contribution in [3.05, 3.63) is 41.0 Å². The molecule has 1 fully saturated rings. The van der Waals surface area contributed by atoms with Crippen molar-refractivity contribution in [3.8, 4) is 5.75 Å². The van der Waals surface area contributed by atoms with Crippen molar-refractivity contribution in [1.82, 2.24) is 25.4 Å². The topological polar surface area (TPSA) is 103 Å². The first-order chi connectivity index (χ1) is 13.0. The van der Waals surface area contributed by atoms with Gasteiger partial charge in [0.2, 0.25) is 0 Å². The lowest BCUT2D eigenvalue weighted by Gasteiger charge is -2.38. The van der Waals surface area contributed by atoms with Crippen molar-refractivity contribution in [2.24, 2.45) is 5.92 Å². The molecule has 2 aromatic heterocycles. The van der Waals surface area contributed by atoms with Crippen LogP contribution in [0.5, 0.6) is 5.75 Å². The van der Waals surface area contributed by atoms with Crippen LogP contribution in [0, 0.1) is 5.92 Å². The number of pyridine rings is 1. The van der Waals surface area contributed by atoms with Gasteiger partial charge in [-0.2, -0.15) is 5.10 Å². The standard InChI is InChI=1S/C19H25N5O3/c1-24-4-3-16-15(10-24)18(23-22-16)19(26)21-17(11-5-13(25)6-11)12-7-14(27-2)9-20-8-12/h7-9,11,13,17,25H,3-6,10H2,1-2H3,(H,21,26)(H,22,23).